The normalized spacial score (nSPS) is 20.0. The number of aromatic hydroxyl groups is 1. The molecule has 2 atom stereocenters. The number of fused-ring (bicyclic) bond motifs is 4. The summed E-state index contributed by atoms with van der Waals surface area (Å²) in [5, 5.41) is 10.8. The Balaban J connectivity index is 1.55. The monoisotopic (exact) mass is 508 g/mol. The minimum absolute atomic E-state index is 0.0118. The van der Waals surface area contributed by atoms with Crippen molar-refractivity contribution in [2.45, 2.75) is 44.7 Å². The van der Waals surface area contributed by atoms with Crippen molar-refractivity contribution in [1.29, 1.82) is 0 Å². The summed E-state index contributed by atoms with van der Waals surface area (Å²) in [5.41, 5.74) is 0.530. The van der Waals surface area contributed by atoms with Gasteiger partial charge in [-0.25, -0.2) is 14.4 Å². The second-order valence-electron chi connectivity index (χ2n) is 10.3. The van der Waals surface area contributed by atoms with Crippen LogP contribution in [0.2, 0.25) is 0 Å². The van der Waals surface area contributed by atoms with Crippen LogP contribution in [0, 0.1) is 18.7 Å². The average Bonchev–Trinajstić information content (AvgIpc) is 3.48. The van der Waals surface area contributed by atoms with E-state index < -0.39 is 28.7 Å². The lowest BCUT2D eigenvalue weighted by atomic mass is 9.89. The van der Waals surface area contributed by atoms with Crippen molar-refractivity contribution < 1.29 is 19.1 Å². The van der Waals surface area contributed by atoms with Gasteiger partial charge >= 0.3 is 11.8 Å². The molecule has 10 nitrogen and oxygen atoms in total. The summed E-state index contributed by atoms with van der Waals surface area (Å²) >= 11 is 0. The van der Waals surface area contributed by atoms with Crippen molar-refractivity contribution in [2.24, 2.45) is 5.92 Å². The second kappa shape index (κ2) is 8.82. The summed E-state index contributed by atoms with van der Waals surface area (Å²) in [4.78, 5) is 53.6. The van der Waals surface area contributed by atoms with E-state index in [0.717, 1.165) is 12.0 Å². The Labute approximate surface area is 212 Å². The zero-order valence-corrected chi connectivity index (χ0v) is 21.2. The molecule has 1 aliphatic heterocycles. The van der Waals surface area contributed by atoms with Gasteiger partial charge in [0, 0.05) is 46.0 Å². The number of imidazole rings is 1. The fourth-order valence-electron chi connectivity index (χ4n) is 5.57. The van der Waals surface area contributed by atoms with Gasteiger partial charge in [-0.15, -0.1) is 0 Å². The third kappa shape index (κ3) is 3.98. The van der Waals surface area contributed by atoms with Crippen LogP contribution in [0.5, 0.6) is 5.75 Å². The van der Waals surface area contributed by atoms with Gasteiger partial charge < -0.3 is 19.9 Å². The molecule has 1 aromatic carbocycles. The van der Waals surface area contributed by atoms with Gasteiger partial charge in [-0.05, 0) is 49.3 Å². The maximum Gasteiger partial charge on any atom is 0.312 e. The number of carbonyl (C=O) groups excluding carboxylic acids is 2. The van der Waals surface area contributed by atoms with E-state index in [9.17, 15) is 23.9 Å². The minimum atomic E-state index is -0.950. The van der Waals surface area contributed by atoms with E-state index in [1.54, 1.807) is 32.3 Å². The molecule has 3 aromatic rings. The quantitative estimate of drug-likeness (QED) is 0.519. The van der Waals surface area contributed by atoms with Crippen LogP contribution in [0.4, 0.5) is 4.39 Å². The van der Waals surface area contributed by atoms with Gasteiger partial charge in [-0.2, -0.15) is 0 Å². The van der Waals surface area contributed by atoms with Gasteiger partial charge in [0.15, 0.2) is 11.5 Å². The maximum atomic E-state index is 13.6. The summed E-state index contributed by atoms with van der Waals surface area (Å²) in [6.45, 7) is 2.07. The summed E-state index contributed by atoms with van der Waals surface area (Å²) in [7, 11) is 4.59. The fraction of sp³-hybridized carbons (Fsp3) is 0.423. The number of carbonyl (C=O) groups is 2. The number of likely N-dealkylation sites (N-methyl/N-ethyl adjacent to an activating group) is 2. The lowest BCUT2D eigenvalue weighted by Crippen LogP contribution is -2.54. The van der Waals surface area contributed by atoms with Gasteiger partial charge in [-0.1, -0.05) is 12.1 Å². The third-order valence-corrected chi connectivity index (χ3v) is 7.60. The van der Waals surface area contributed by atoms with E-state index in [2.05, 4.69) is 9.97 Å². The van der Waals surface area contributed by atoms with E-state index in [4.69, 9.17) is 4.98 Å². The molecule has 11 heteroatoms. The molecule has 2 bridgehead atoms. The first-order chi connectivity index (χ1) is 17.5. The van der Waals surface area contributed by atoms with Gasteiger partial charge in [0.05, 0.1) is 0 Å². The summed E-state index contributed by atoms with van der Waals surface area (Å²) < 4.78 is 15.1. The number of H-pyrrole nitrogens is 1. The number of nitrogens with one attached hydrogen (secondary N) is 1. The molecule has 37 heavy (non-hydrogen) atoms. The Hall–Kier alpha value is -4.02. The minimum Gasteiger partial charge on any atom is -0.501 e. The van der Waals surface area contributed by atoms with Crippen molar-refractivity contribution >= 4 is 11.8 Å². The predicted octanol–water partition coefficient (Wildman–Crippen LogP) is 1.93. The largest absolute Gasteiger partial charge is 0.501 e. The summed E-state index contributed by atoms with van der Waals surface area (Å²) in [5.74, 6) is -1.48. The first kappa shape index (κ1) is 24.7. The van der Waals surface area contributed by atoms with Gasteiger partial charge in [0.1, 0.15) is 17.2 Å². The molecule has 2 amide bonds. The van der Waals surface area contributed by atoms with Crippen molar-refractivity contribution in [2.75, 3.05) is 21.1 Å². The van der Waals surface area contributed by atoms with Crippen LogP contribution < -0.4 is 5.56 Å². The van der Waals surface area contributed by atoms with E-state index in [-0.39, 0.29) is 23.3 Å². The summed E-state index contributed by atoms with van der Waals surface area (Å²) in [6.07, 6.45) is 3.90. The second-order valence-corrected chi connectivity index (χ2v) is 10.3. The molecular formula is C26H29FN6O4. The van der Waals surface area contributed by atoms with Crippen molar-refractivity contribution in [3.05, 3.63) is 63.2 Å². The third-order valence-electron chi connectivity index (χ3n) is 7.60. The number of hydrogen-bond donors (Lipinski definition) is 2. The fourth-order valence-corrected chi connectivity index (χ4v) is 5.57. The first-order valence-electron chi connectivity index (χ1n) is 12.1. The smallest absolute Gasteiger partial charge is 0.312 e. The lowest BCUT2D eigenvalue weighted by molar-refractivity contribution is -0.154. The molecule has 1 fully saturated rings. The number of aryl methyl sites for hydroxylation is 1. The number of benzene rings is 1. The molecule has 0 spiro atoms. The SMILES string of the molecule is Cc1cc(Cc2cnc(-c3nc4n(c(=O)c3O)CC3CCC4(N(C)C(=O)C(=O)N(C)C)C3)[nH]2)ccc1F. The first-order valence-corrected chi connectivity index (χ1v) is 12.1. The molecule has 2 aromatic heterocycles. The van der Waals surface area contributed by atoms with Crippen LogP contribution in [-0.2, 0) is 28.1 Å². The van der Waals surface area contributed by atoms with Crippen LogP contribution >= 0.6 is 0 Å². The maximum absolute atomic E-state index is 13.6. The highest BCUT2D eigenvalue weighted by Gasteiger charge is 2.53. The highest BCUT2D eigenvalue weighted by Crippen LogP contribution is 2.49. The molecule has 194 valence electrons. The number of aromatic nitrogens is 4. The number of amides is 2. The van der Waals surface area contributed by atoms with E-state index >= 15 is 0 Å². The van der Waals surface area contributed by atoms with Crippen LogP contribution in [0.3, 0.4) is 0 Å². The van der Waals surface area contributed by atoms with Crippen LogP contribution in [-0.4, -0.2) is 67.4 Å². The molecule has 1 saturated carbocycles. The Morgan fingerprint density at radius 2 is 2.03 bits per heavy atom. The van der Waals surface area contributed by atoms with E-state index in [1.807, 2.05) is 0 Å². The topological polar surface area (TPSA) is 124 Å². The molecule has 2 aliphatic rings. The van der Waals surface area contributed by atoms with Crippen molar-refractivity contribution in [3.63, 3.8) is 0 Å². The average molecular weight is 509 g/mol. The zero-order valence-electron chi connectivity index (χ0n) is 21.2. The van der Waals surface area contributed by atoms with E-state index in [0.29, 0.717) is 42.9 Å². The Kier molecular flexibility index (Phi) is 5.88. The van der Waals surface area contributed by atoms with E-state index in [1.165, 1.54) is 34.5 Å². The molecule has 3 heterocycles. The molecule has 0 saturated heterocycles. The lowest BCUT2D eigenvalue weighted by Gasteiger charge is -2.42. The number of aromatic amines is 1. The molecule has 0 radical (unpaired) electrons. The van der Waals surface area contributed by atoms with Gasteiger partial charge in [0.2, 0.25) is 5.75 Å². The molecule has 2 N–H and O–H groups in total. The van der Waals surface area contributed by atoms with Crippen LogP contribution in [0.1, 0.15) is 41.9 Å². The van der Waals surface area contributed by atoms with Crippen LogP contribution in [0.25, 0.3) is 11.5 Å². The van der Waals surface area contributed by atoms with Gasteiger partial charge in [0.25, 0.3) is 5.56 Å². The zero-order chi connectivity index (χ0) is 26.6. The Morgan fingerprint density at radius 3 is 2.73 bits per heavy atom. The number of nitrogens with zero attached hydrogens (tertiary/aromatic N) is 5. The molecule has 5 rings (SSSR count). The highest BCUT2D eigenvalue weighted by molar-refractivity contribution is 6.34. The molecule has 1 aliphatic carbocycles. The van der Waals surface area contributed by atoms with Crippen LogP contribution in [0.15, 0.2) is 29.2 Å². The standard InChI is InChI=1S/C26H29FN6O4/c1-14-9-15(5-6-18(14)27)10-17-12-28-21(29-17)19-20(34)22(35)33-13-16-7-8-26(11-16,25(33)30-19)32(4)24(37)23(36)31(2)3/h5-6,9,12,16,34H,7-8,10-11,13H2,1-4H3,(H,28,29). The number of halogens is 1. The van der Waals surface area contributed by atoms with Gasteiger partial charge in [-0.3, -0.25) is 19.0 Å². The number of rotatable bonds is 4. The number of hydrogen-bond acceptors (Lipinski definition) is 6. The summed E-state index contributed by atoms with van der Waals surface area (Å²) in [6, 6.07) is 4.85. The highest BCUT2D eigenvalue weighted by atomic mass is 19.1. The van der Waals surface area contributed by atoms with Crippen molar-refractivity contribution in [1.82, 2.24) is 29.3 Å². The Bertz CT molecular complexity index is 1480. The Morgan fingerprint density at radius 1 is 1.27 bits per heavy atom. The molecular weight excluding hydrogens is 479 g/mol. The van der Waals surface area contributed by atoms with Crippen molar-refractivity contribution in [3.8, 4) is 17.3 Å². The molecule has 2 unspecified atom stereocenters. The predicted molar refractivity (Wildman–Crippen MR) is 132 cm³/mol.